The zero-order valence-electron chi connectivity index (χ0n) is 18.8. The molecule has 1 atom stereocenters. The number of ether oxygens (including phenoxy) is 2. The molecular weight excluding hydrogens is 452 g/mol. The van der Waals surface area contributed by atoms with Crippen molar-refractivity contribution in [3.8, 4) is 11.5 Å². The summed E-state index contributed by atoms with van der Waals surface area (Å²) in [6, 6.07) is 17.3. The molecule has 0 saturated carbocycles. The lowest BCUT2D eigenvalue weighted by atomic mass is 10.2. The number of pyridine rings is 1. The van der Waals surface area contributed by atoms with Crippen LogP contribution < -0.4 is 15.1 Å². The normalized spacial score (nSPS) is 15.0. The van der Waals surface area contributed by atoms with Crippen LogP contribution in [0.5, 0.6) is 11.5 Å². The van der Waals surface area contributed by atoms with Gasteiger partial charge in [0.15, 0.2) is 0 Å². The summed E-state index contributed by atoms with van der Waals surface area (Å²) in [5, 5.41) is 0.822. The number of aromatic nitrogens is 1. The van der Waals surface area contributed by atoms with Crippen molar-refractivity contribution in [2.24, 2.45) is 0 Å². The van der Waals surface area contributed by atoms with E-state index in [1.165, 1.54) is 18.5 Å². The maximum absolute atomic E-state index is 13.3. The Bertz CT molecular complexity index is 1220. The van der Waals surface area contributed by atoms with Gasteiger partial charge >= 0.3 is 6.09 Å². The number of para-hydroxylation sites is 1. The number of nitrogens with one attached hydrogen (secondary N) is 1. The molecule has 0 spiro atoms. The molecule has 10 heteroatoms. The molecule has 0 radical (unpaired) electrons. The highest BCUT2D eigenvalue weighted by molar-refractivity contribution is 6.23. The summed E-state index contributed by atoms with van der Waals surface area (Å²) in [6.45, 7) is 1.66. The van der Waals surface area contributed by atoms with Crippen LogP contribution in [0.25, 0.3) is 0 Å². The van der Waals surface area contributed by atoms with Gasteiger partial charge in [0.1, 0.15) is 17.5 Å². The summed E-state index contributed by atoms with van der Waals surface area (Å²) in [7, 11) is 0. The van der Waals surface area contributed by atoms with Crippen LogP contribution in [0.2, 0.25) is 0 Å². The summed E-state index contributed by atoms with van der Waals surface area (Å²) in [5.74, 6) is -0.728. The molecule has 2 aromatic carbocycles. The molecule has 4 rings (SSSR count). The van der Waals surface area contributed by atoms with Crippen LogP contribution in [-0.2, 0) is 14.3 Å². The van der Waals surface area contributed by atoms with Gasteiger partial charge in [0.25, 0.3) is 11.8 Å². The maximum atomic E-state index is 13.3. The Hall–Kier alpha value is -4.73. The number of hydrazine groups is 1. The number of hydrogen-bond donors (Lipinski definition) is 1. The number of hydrogen-bond acceptors (Lipinski definition) is 7. The number of amides is 4. The molecule has 2 heterocycles. The van der Waals surface area contributed by atoms with E-state index in [1.54, 1.807) is 49.4 Å². The lowest BCUT2D eigenvalue weighted by Gasteiger charge is -2.27. The lowest BCUT2D eigenvalue weighted by Crippen LogP contribution is -2.54. The third-order valence-electron chi connectivity index (χ3n) is 5.12. The number of nitrogens with zero attached hydrogens (tertiary/aromatic N) is 3. The second kappa shape index (κ2) is 10.5. The number of carbonyl (C=O) groups is 4. The first-order valence-corrected chi connectivity index (χ1v) is 10.8. The Kier molecular flexibility index (Phi) is 7.01. The molecule has 35 heavy (non-hydrogen) atoms. The lowest BCUT2D eigenvalue weighted by molar-refractivity contribution is -0.122. The van der Waals surface area contributed by atoms with E-state index in [4.69, 9.17) is 9.47 Å². The third kappa shape index (κ3) is 5.27. The Morgan fingerprint density at radius 3 is 2.40 bits per heavy atom. The molecule has 4 amide bonds. The Morgan fingerprint density at radius 2 is 1.74 bits per heavy atom. The van der Waals surface area contributed by atoms with Crippen LogP contribution in [0.1, 0.15) is 23.7 Å². The van der Waals surface area contributed by atoms with Crippen LogP contribution in [0.15, 0.2) is 79.1 Å². The van der Waals surface area contributed by atoms with Gasteiger partial charge in [0.05, 0.1) is 24.3 Å². The van der Waals surface area contributed by atoms with Gasteiger partial charge in [-0.2, -0.15) is 0 Å². The first-order chi connectivity index (χ1) is 17.0. The summed E-state index contributed by atoms with van der Waals surface area (Å²) in [6.07, 6.45) is 1.54. The molecule has 0 bridgehead atoms. The standard InChI is InChI=1S/C25H22N4O6/c1-2-34-25(33)27-29(23(31)17-7-6-14-26-16-17)21-15-22(30)28(24(21)32)18-10-12-20(13-11-18)35-19-8-4-3-5-9-19/h3-14,16,21H,2,15H2,1H3,(H,27,33). The van der Waals surface area contributed by atoms with Gasteiger partial charge in [-0.05, 0) is 55.5 Å². The number of carbonyl (C=O) groups excluding carboxylic acids is 4. The van der Waals surface area contributed by atoms with Gasteiger partial charge in [-0.1, -0.05) is 18.2 Å². The average Bonchev–Trinajstić information content (AvgIpc) is 3.17. The van der Waals surface area contributed by atoms with E-state index in [2.05, 4.69) is 10.4 Å². The third-order valence-corrected chi connectivity index (χ3v) is 5.12. The summed E-state index contributed by atoms with van der Waals surface area (Å²) >= 11 is 0. The SMILES string of the molecule is CCOC(=O)NN(C(=O)c1cccnc1)C1CC(=O)N(c2ccc(Oc3ccccc3)cc2)C1=O. The van der Waals surface area contributed by atoms with Crippen LogP contribution in [0, 0.1) is 0 Å². The van der Waals surface area contributed by atoms with E-state index >= 15 is 0 Å². The van der Waals surface area contributed by atoms with Crippen molar-refractivity contribution in [1.82, 2.24) is 15.4 Å². The monoisotopic (exact) mass is 474 g/mol. The topological polar surface area (TPSA) is 118 Å². The van der Waals surface area contributed by atoms with E-state index in [-0.39, 0.29) is 18.6 Å². The quantitative estimate of drug-likeness (QED) is 0.430. The molecule has 1 aliphatic heterocycles. The summed E-state index contributed by atoms with van der Waals surface area (Å²) in [4.78, 5) is 56.2. The van der Waals surface area contributed by atoms with Crippen molar-refractivity contribution < 1.29 is 28.7 Å². The van der Waals surface area contributed by atoms with E-state index in [9.17, 15) is 19.2 Å². The predicted molar refractivity (Wildman–Crippen MR) is 124 cm³/mol. The van der Waals surface area contributed by atoms with Gasteiger partial charge in [0.2, 0.25) is 5.91 Å². The zero-order valence-corrected chi connectivity index (χ0v) is 18.8. The van der Waals surface area contributed by atoms with Crippen LogP contribution in [0.4, 0.5) is 10.5 Å². The smallest absolute Gasteiger partial charge is 0.426 e. The van der Waals surface area contributed by atoms with E-state index in [1.807, 2.05) is 18.2 Å². The fraction of sp³-hybridized carbons (Fsp3) is 0.160. The first-order valence-electron chi connectivity index (χ1n) is 10.8. The van der Waals surface area contributed by atoms with Gasteiger partial charge in [-0.25, -0.2) is 20.1 Å². The van der Waals surface area contributed by atoms with Crippen molar-refractivity contribution in [3.63, 3.8) is 0 Å². The molecule has 1 fully saturated rings. The minimum Gasteiger partial charge on any atom is -0.457 e. The van der Waals surface area contributed by atoms with E-state index in [0.717, 1.165) is 9.91 Å². The highest BCUT2D eigenvalue weighted by atomic mass is 16.6. The Labute approximate surface area is 201 Å². The minimum absolute atomic E-state index is 0.0574. The summed E-state index contributed by atoms with van der Waals surface area (Å²) < 4.78 is 10.6. The van der Waals surface area contributed by atoms with Gasteiger partial charge in [-0.15, -0.1) is 0 Å². The molecule has 1 unspecified atom stereocenters. The highest BCUT2D eigenvalue weighted by Gasteiger charge is 2.45. The Morgan fingerprint density at radius 1 is 1.03 bits per heavy atom. The highest BCUT2D eigenvalue weighted by Crippen LogP contribution is 2.29. The molecule has 0 aliphatic carbocycles. The van der Waals surface area contributed by atoms with Crippen molar-refractivity contribution in [3.05, 3.63) is 84.7 Å². The largest absolute Gasteiger partial charge is 0.457 e. The van der Waals surface area contributed by atoms with E-state index in [0.29, 0.717) is 17.2 Å². The van der Waals surface area contributed by atoms with Crippen molar-refractivity contribution in [1.29, 1.82) is 0 Å². The van der Waals surface area contributed by atoms with Gasteiger partial charge in [-0.3, -0.25) is 19.4 Å². The molecule has 1 N–H and O–H groups in total. The minimum atomic E-state index is -1.26. The zero-order chi connectivity index (χ0) is 24.8. The van der Waals surface area contributed by atoms with Crippen LogP contribution in [-0.4, -0.2) is 46.5 Å². The van der Waals surface area contributed by atoms with Gasteiger partial charge in [0, 0.05) is 12.4 Å². The number of imide groups is 1. The fourth-order valence-electron chi connectivity index (χ4n) is 3.54. The number of anilines is 1. The van der Waals surface area contributed by atoms with Crippen molar-refractivity contribution in [2.75, 3.05) is 11.5 Å². The second-order valence-electron chi connectivity index (χ2n) is 7.45. The first kappa shape index (κ1) is 23.4. The van der Waals surface area contributed by atoms with Crippen molar-refractivity contribution in [2.45, 2.75) is 19.4 Å². The predicted octanol–water partition coefficient (Wildman–Crippen LogP) is 3.31. The fourth-order valence-corrected chi connectivity index (χ4v) is 3.54. The van der Waals surface area contributed by atoms with Crippen LogP contribution >= 0.6 is 0 Å². The summed E-state index contributed by atoms with van der Waals surface area (Å²) in [5.41, 5.74) is 2.74. The molecule has 178 valence electrons. The Balaban J connectivity index is 1.56. The molecular formula is C25H22N4O6. The van der Waals surface area contributed by atoms with E-state index < -0.39 is 29.9 Å². The van der Waals surface area contributed by atoms with Gasteiger partial charge < -0.3 is 9.47 Å². The maximum Gasteiger partial charge on any atom is 0.426 e. The van der Waals surface area contributed by atoms with Crippen LogP contribution in [0.3, 0.4) is 0 Å². The number of benzene rings is 2. The molecule has 1 saturated heterocycles. The second-order valence-corrected chi connectivity index (χ2v) is 7.45. The molecule has 10 nitrogen and oxygen atoms in total. The van der Waals surface area contributed by atoms with Crippen molar-refractivity contribution >= 4 is 29.5 Å². The average molecular weight is 474 g/mol. The molecule has 3 aromatic rings. The molecule has 1 aromatic heterocycles. The molecule has 1 aliphatic rings. The number of rotatable bonds is 6.